The normalized spacial score (nSPS) is 12.0. The van der Waals surface area contributed by atoms with Crippen molar-refractivity contribution in [2.45, 2.75) is 39.3 Å². The zero-order valence-corrected chi connectivity index (χ0v) is 15.2. The molecule has 0 radical (unpaired) electrons. The predicted octanol–water partition coefficient (Wildman–Crippen LogP) is 4.17. The van der Waals surface area contributed by atoms with Crippen LogP contribution in [-0.4, -0.2) is 28.9 Å². The number of thiazole rings is 1. The molecule has 0 bridgehead atoms. The lowest BCUT2D eigenvalue weighted by Crippen LogP contribution is -2.35. The monoisotopic (exact) mass is 352 g/mol. The van der Waals surface area contributed by atoms with E-state index in [1.54, 1.807) is 17.0 Å². The van der Waals surface area contributed by atoms with E-state index in [1.165, 1.54) is 11.3 Å². The van der Waals surface area contributed by atoms with Gasteiger partial charge in [0.25, 0.3) is 0 Å². The Balaban J connectivity index is 1.88. The number of nitrogens with zero attached hydrogens (tertiary/aromatic N) is 2. The number of likely N-dealkylation sites (N-methyl/N-ethyl adjacent to an activating group) is 1. The number of carbonyl (C=O) groups is 1. The molecule has 0 aliphatic heterocycles. The van der Waals surface area contributed by atoms with E-state index in [4.69, 9.17) is 16.3 Å². The first-order chi connectivity index (χ1) is 11.0. The van der Waals surface area contributed by atoms with Crippen molar-refractivity contribution in [2.24, 2.45) is 0 Å². The average molecular weight is 353 g/mol. The minimum atomic E-state index is 0.0924. The quantitative estimate of drug-likeness (QED) is 0.750. The van der Waals surface area contributed by atoms with Gasteiger partial charge in [-0.25, -0.2) is 4.98 Å². The summed E-state index contributed by atoms with van der Waals surface area (Å²) in [4.78, 5) is 18.4. The number of rotatable bonds is 7. The van der Waals surface area contributed by atoms with Crippen LogP contribution >= 0.6 is 22.9 Å². The largest absolute Gasteiger partial charge is 0.486 e. The Labute approximate surface area is 146 Å². The highest BCUT2D eigenvalue weighted by molar-refractivity contribution is 7.09. The molecule has 0 saturated carbocycles. The summed E-state index contributed by atoms with van der Waals surface area (Å²) in [7, 11) is 1.84. The first-order valence-corrected chi connectivity index (χ1v) is 8.82. The van der Waals surface area contributed by atoms with Gasteiger partial charge in [-0.15, -0.1) is 11.3 Å². The van der Waals surface area contributed by atoms with Crippen molar-refractivity contribution in [3.8, 4) is 5.75 Å². The Bertz CT molecular complexity index is 642. The third-order valence-corrected chi connectivity index (χ3v) is 4.88. The molecule has 1 aromatic carbocycles. The van der Waals surface area contributed by atoms with E-state index >= 15 is 0 Å². The molecule has 6 heteroatoms. The van der Waals surface area contributed by atoms with Crippen molar-refractivity contribution < 1.29 is 9.53 Å². The van der Waals surface area contributed by atoms with E-state index in [1.807, 2.05) is 31.5 Å². The first kappa shape index (κ1) is 17.8. The number of carbonyl (C=O) groups excluding carboxylic acids is 1. The molecule has 124 valence electrons. The summed E-state index contributed by atoms with van der Waals surface area (Å²) >= 11 is 7.34. The molecule has 0 N–H and O–H groups in total. The molecule has 4 nitrogen and oxygen atoms in total. The first-order valence-electron chi connectivity index (χ1n) is 7.57. The Morgan fingerprint density at radius 1 is 1.39 bits per heavy atom. The van der Waals surface area contributed by atoms with Crippen LogP contribution in [0.4, 0.5) is 0 Å². The van der Waals surface area contributed by atoms with Gasteiger partial charge in [0.05, 0.1) is 12.1 Å². The van der Waals surface area contributed by atoms with Crippen LogP contribution in [0.25, 0.3) is 0 Å². The molecule has 23 heavy (non-hydrogen) atoms. The van der Waals surface area contributed by atoms with Crippen LogP contribution in [0.2, 0.25) is 5.02 Å². The van der Waals surface area contributed by atoms with Gasteiger partial charge < -0.3 is 9.64 Å². The summed E-state index contributed by atoms with van der Waals surface area (Å²) in [5.41, 5.74) is 0.796. The second kappa shape index (κ2) is 8.31. The zero-order valence-electron chi connectivity index (χ0n) is 13.6. The summed E-state index contributed by atoms with van der Waals surface area (Å²) < 4.78 is 5.66. The summed E-state index contributed by atoms with van der Waals surface area (Å²) in [6, 6.07) is 7.46. The Morgan fingerprint density at radius 2 is 2.09 bits per heavy atom. The molecule has 0 aliphatic carbocycles. The van der Waals surface area contributed by atoms with Gasteiger partial charge in [-0.3, -0.25) is 4.79 Å². The van der Waals surface area contributed by atoms with Gasteiger partial charge in [0.1, 0.15) is 17.4 Å². The van der Waals surface area contributed by atoms with Crippen LogP contribution in [0.3, 0.4) is 0 Å². The van der Waals surface area contributed by atoms with Gasteiger partial charge in [0, 0.05) is 23.5 Å². The molecule has 2 rings (SSSR count). The van der Waals surface area contributed by atoms with Crippen molar-refractivity contribution in [1.29, 1.82) is 0 Å². The molecule has 1 aromatic heterocycles. The van der Waals surface area contributed by atoms with E-state index in [9.17, 15) is 4.79 Å². The number of halogens is 1. The van der Waals surface area contributed by atoms with E-state index in [0.29, 0.717) is 18.1 Å². The highest BCUT2D eigenvalue weighted by Gasteiger charge is 2.16. The number of aromatic nitrogens is 1. The lowest BCUT2D eigenvalue weighted by Gasteiger charge is -2.23. The molecule has 0 aliphatic rings. The second-order valence-electron chi connectivity index (χ2n) is 5.41. The number of hydrogen-bond acceptors (Lipinski definition) is 4. The van der Waals surface area contributed by atoms with Crippen molar-refractivity contribution in [2.75, 3.05) is 7.05 Å². The van der Waals surface area contributed by atoms with Crippen molar-refractivity contribution in [1.82, 2.24) is 9.88 Å². The van der Waals surface area contributed by atoms with Gasteiger partial charge in [0.2, 0.25) is 5.91 Å². The lowest BCUT2D eigenvalue weighted by atomic mass is 10.2. The minimum Gasteiger partial charge on any atom is -0.486 e. The molecule has 0 spiro atoms. The second-order valence-corrected chi connectivity index (χ2v) is 6.79. The Kier molecular flexibility index (Phi) is 6.42. The predicted molar refractivity (Wildman–Crippen MR) is 94.1 cm³/mol. The topological polar surface area (TPSA) is 42.4 Å². The standard InChI is InChI=1S/C17H21ClN2O2S/c1-4-12(2)20(3)17(21)9-14-11-23-16(19-14)10-22-15-7-5-13(18)6-8-15/h5-8,11-12H,4,9-10H2,1-3H3. The van der Waals surface area contributed by atoms with Gasteiger partial charge in [-0.2, -0.15) is 0 Å². The summed E-state index contributed by atoms with van der Waals surface area (Å²) in [6.45, 7) is 4.51. The van der Waals surface area contributed by atoms with Crippen LogP contribution in [0.15, 0.2) is 29.6 Å². The molecule has 0 saturated heterocycles. The molecule has 1 atom stereocenters. The molecule has 1 unspecified atom stereocenters. The molecule has 1 heterocycles. The van der Waals surface area contributed by atoms with Crippen LogP contribution in [0, 0.1) is 0 Å². The fourth-order valence-corrected chi connectivity index (χ4v) is 2.80. The van der Waals surface area contributed by atoms with Gasteiger partial charge in [-0.1, -0.05) is 18.5 Å². The molecular formula is C17H21ClN2O2S. The fourth-order valence-electron chi connectivity index (χ4n) is 1.97. The van der Waals surface area contributed by atoms with Crippen molar-refractivity contribution in [3.63, 3.8) is 0 Å². The van der Waals surface area contributed by atoms with Crippen molar-refractivity contribution >= 4 is 28.8 Å². The third-order valence-electron chi connectivity index (χ3n) is 3.75. The van der Waals surface area contributed by atoms with E-state index in [-0.39, 0.29) is 11.9 Å². The molecule has 0 fully saturated rings. The van der Waals surface area contributed by atoms with E-state index < -0.39 is 0 Å². The summed E-state index contributed by atoms with van der Waals surface area (Å²) in [5.74, 6) is 0.841. The number of amides is 1. The average Bonchev–Trinajstić information content (AvgIpc) is 3.00. The zero-order chi connectivity index (χ0) is 16.8. The number of hydrogen-bond donors (Lipinski definition) is 0. The summed E-state index contributed by atoms with van der Waals surface area (Å²) in [5, 5.41) is 3.45. The molecule has 2 aromatic rings. The Morgan fingerprint density at radius 3 is 2.74 bits per heavy atom. The maximum absolute atomic E-state index is 12.2. The van der Waals surface area contributed by atoms with Crippen LogP contribution in [0.5, 0.6) is 5.75 Å². The van der Waals surface area contributed by atoms with Gasteiger partial charge in [0.15, 0.2) is 0 Å². The maximum atomic E-state index is 12.2. The molecule has 1 amide bonds. The SMILES string of the molecule is CCC(C)N(C)C(=O)Cc1csc(COc2ccc(Cl)cc2)n1. The van der Waals surface area contributed by atoms with Crippen molar-refractivity contribution in [3.05, 3.63) is 45.4 Å². The minimum absolute atomic E-state index is 0.0924. The van der Waals surface area contributed by atoms with E-state index in [2.05, 4.69) is 11.9 Å². The van der Waals surface area contributed by atoms with Gasteiger partial charge in [-0.05, 0) is 37.6 Å². The smallest absolute Gasteiger partial charge is 0.228 e. The summed E-state index contributed by atoms with van der Waals surface area (Å²) in [6.07, 6.45) is 1.28. The highest BCUT2D eigenvalue weighted by Crippen LogP contribution is 2.18. The van der Waals surface area contributed by atoms with Crippen LogP contribution < -0.4 is 4.74 Å². The lowest BCUT2D eigenvalue weighted by molar-refractivity contribution is -0.131. The third kappa shape index (κ3) is 5.22. The molecular weight excluding hydrogens is 332 g/mol. The van der Waals surface area contributed by atoms with Crippen LogP contribution in [0.1, 0.15) is 31.0 Å². The highest BCUT2D eigenvalue weighted by atomic mass is 35.5. The number of ether oxygens (including phenoxy) is 1. The fraction of sp³-hybridized carbons (Fsp3) is 0.412. The Hall–Kier alpha value is -1.59. The van der Waals surface area contributed by atoms with E-state index in [0.717, 1.165) is 22.9 Å². The van der Waals surface area contributed by atoms with Gasteiger partial charge >= 0.3 is 0 Å². The maximum Gasteiger partial charge on any atom is 0.228 e. The number of benzene rings is 1. The van der Waals surface area contributed by atoms with Crippen LogP contribution in [-0.2, 0) is 17.8 Å².